The molecule has 0 spiro atoms. The Labute approximate surface area is 207 Å². The molecule has 0 aliphatic heterocycles. The summed E-state index contributed by atoms with van der Waals surface area (Å²) in [6.45, 7) is 15.3. The van der Waals surface area contributed by atoms with E-state index in [4.69, 9.17) is 4.98 Å². The number of rotatable bonds is 6. The Bertz CT molecular complexity index is 1050. The first-order chi connectivity index (χ1) is 16.0. The number of ketones is 1. The van der Waals surface area contributed by atoms with Crippen molar-refractivity contribution in [3.63, 3.8) is 0 Å². The summed E-state index contributed by atoms with van der Waals surface area (Å²) >= 11 is 0. The molecule has 5 rings (SSSR count). The van der Waals surface area contributed by atoms with Crippen molar-refractivity contribution in [2.24, 2.45) is 34.0 Å². The monoisotopic (exact) mass is 462 g/mol. The van der Waals surface area contributed by atoms with Crippen LogP contribution in [-0.2, 0) is 11.3 Å². The molecule has 3 saturated carbocycles. The molecule has 3 nitrogen and oxygen atoms in total. The van der Waals surface area contributed by atoms with Gasteiger partial charge in [-0.1, -0.05) is 53.7 Å². The molecule has 1 aromatic heterocycles. The Morgan fingerprint density at radius 3 is 2.38 bits per heavy atom. The minimum Gasteiger partial charge on any atom is -0.327 e. The molecular formula is C31H46N2O. The van der Waals surface area contributed by atoms with Crippen LogP contribution < -0.4 is 0 Å². The molecule has 3 fully saturated rings. The zero-order chi connectivity index (χ0) is 24.3. The minimum atomic E-state index is 0.339. The first kappa shape index (κ1) is 24.1. The van der Waals surface area contributed by atoms with E-state index in [0.29, 0.717) is 40.3 Å². The second-order valence-electron chi connectivity index (χ2n) is 13.8. The summed E-state index contributed by atoms with van der Waals surface area (Å²) in [6.07, 6.45) is 10.3. The summed E-state index contributed by atoms with van der Waals surface area (Å²) in [5.41, 5.74) is 3.41. The molecule has 2 aromatic rings. The summed E-state index contributed by atoms with van der Waals surface area (Å²) in [7, 11) is 0. The van der Waals surface area contributed by atoms with Gasteiger partial charge in [-0.05, 0) is 91.1 Å². The maximum atomic E-state index is 13.3. The molecule has 0 saturated heterocycles. The van der Waals surface area contributed by atoms with Gasteiger partial charge in [-0.2, -0.15) is 0 Å². The fourth-order valence-corrected chi connectivity index (χ4v) is 8.15. The molecule has 3 aliphatic carbocycles. The van der Waals surface area contributed by atoms with Gasteiger partial charge in [0.2, 0.25) is 0 Å². The molecule has 0 radical (unpaired) electrons. The lowest BCUT2D eigenvalue weighted by Gasteiger charge is -2.39. The van der Waals surface area contributed by atoms with Crippen LogP contribution in [0.1, 0.15) is 111 Å². The Balaban J connectivity index is 1.29. The van der Waals surface area contributed by atoms with Gasteiger partial charge in [-0.3, -0.25) is 4.79 Å². The fourth-order valence-electron chi connectivity index (χ4n) is 8.15. The average Bonchev–Trinajstić information content (AvgIpc) is 3.33. The number of hydrogen-bond acceptors (Lipinski definition) is 2. The van der Waals surface area contributed by atoms with Crippen LogP contribution in [0, 0.1) is 34.0 Å². The minimum absolute atomic E-state index is 0.339. The highest BCUT2D eigenvalue weighted by atomic mass is 16.1. The van der Waals surface area contributed by atoms with Crippen molar-refractivity contribution in [2.75, 3.05) is 0 Å². The molecule has 0 unspecified atom stereocenters. The SMILES string of the molecule is CC1(C)[C@@H]2CC[C@@]1(C)[C@H](CC(=O)CCn1c3ccccc3nc1[C@H]1CC[C@@H](C(C)(C)C)CC1)C2. The standard InChI is InChI=1S/C31H46N2O/c1-29(2,3)22-13-11-21(12-14-22)28-32-26-9-7-8-10-27(26)33(28)18-16-25(34)20-24-19-23-15-17-31(24,6)30(23,4)5/h7-10,21-24H,11-20H2,1-6H3/t21-,22+,23-,24+,31+/m1/s1. The summed E-state index contributed by atoms with van der Waals surface area (Å²) in [6, 6.07) is 8.52. The highest BCUT2D eigenvalue weighted by Crippen LogP contribution is 2.68. The van der Waals surface area contributed by atoms with Gasteiger partial charge in [0.15, 0.2) is 0 Å². The van der Waals surface area contributed by atoms with Gasteiger partial charge in [0, 0.05) is 25.3 Å². The van der Waals surface area contributed by atoms with E-state index < -0.39 is 0 Å². The van der Waals surface area contributed by atoms with Crippen LogP contribution in [0.5, 0.6) is 0 Å². The predicted molar refractivity (Wildman–Crippen MR) is 141 cm³/mol. The fraction of sp³-hybridized carbons (Fsp3) is 0.742. The lowest BCUT2D eigenvalue weighted by molar-refractivity contribution is -0.121. The maximum Gasteiger partial charge on any atom is 0.134 e. The number of benzene rings is 1. The van der Waals surface area contributed by atoms with E-state index in [1.54, 1.807) is 0 Å². The summed E-state index contributed by atoms with van der Waals surface area (Å²) < 4.78 is 2.40. The van der Waals surface area contributed by atoms with Crippen molar-refractivity contribution in [3.8, 4) is 0 Å². The summed E-state index contributed by atoms with van der Waals surface area (Å²) in [5.74, 6) is 4.38. The van der Waals surface area contributed by atoms with E-state index in [9.17, 15) is 4.79 Å². The molecule has 0 amide bonds. The summed E-state index contributed by atoms with van der Waals surface area (Å²) in [5, 5.41) is 0. The van der Waals surface area contributed by atoms with Gasteiger partial charge in [-0.25, -0.2) is 4.98 Å². The Morgan fingerprint density at radius 2 is 1.76 bits per heavy atom. The molecule has 3 aliphatic rings. The molecule has 3 heteroatoms. The lowest BCUT2D eigenvalue weighted by atomic mass is 9.65. The Hall–Kier alpha value is -1.64. The van der Waals surface area contributed by atoms with Crippen molar-refractivity contribution in [3.05, 3.63) is 30.1 Å². The van der Waals surface area contributed by atoms with E-state index >= 15 is 0 Å². The van der Waals surface area contributed by atoms with Crippen molar-refractivity contribution < 1.29 is 4.79 Å². The second-order valence-corrected chi connectivity index (χ2v) is 13.8. The van der Waals surface area contributed by atoms with Gasteiger partial charge in [-0.15, -0.1) is 0 Å². The highest BCUT2D eigenvalue weighted by molar-refractivity contribution is 5.80. The molecule has 186 valence electrons. The highest BCUT2D eigenvalue weighted by Gasteiger charge is 2.61. The van der Waals surface area contributed by atoms with Crippen LogP contribution in [0.15, 0.2) is 24.3 Å². The van der Waals surface area contributed by atoms with Crippen LogP contribution in [0.25, 0.3) is 11.0 Å². The number of carbonyl (C=O) groups excluding carboxylic acids is 1. The van der Waals surface area contributed by atoms with Gasteiger partial charge in [0.25, 0.3) is 0 Å². The van der Waals surface area contributed by atoms with Crippen LogP contribution in [-0.4, -0.2) is 15.3 Å². The molecule has 1 heterocycles. The first-order valence-corrected chi connectivity index (χ1v) is 14.0. The predicted octanol–water partition coefficient (Wildman–Crippen LogP) is 8.17. The molecule has 2 bridgehead atoms. The van der Waals surface area contributed by atoms with Gasteiger partial charge < -0.3 is 4.57 Å². The normalized spacial score (nSPS) is 33.0. The second kappa shape index (κ2) is 8.49. The van der Waals surface area contributed by atoms with Gasteiger partial charge in [0.1, 0.15) is 11.6 Å². The zero-order valence-corrected chi connectivity index (χ0v) is 22.5. The lowest BCUT2D eigenvalue weighted by Crippen LogP contribution is -2.33. The van der Waals surface area contributed by atoms with Crippen molar-refractivity contribution in [1.29, 1.82) is 0 Å². The van der Waals surface area contributed by atoms with Crippen LogP contribution >= 0.6 is 0 Å². The molecular weight excluding hydrogens is 416 g/mol. The quantitative estimate of drug-likeness (QED) is 0.434. The molecule has 3 atom stereocenters. The third-order valence-corrected chi connectivity index (χ3v) is 11.1. The Kier molecular flexibility index (Phi) is 6.01. The number of Topliss-reactive ketones (excluding diaryl/α,β-unsaturated/α-hetero) is 1. The van der Waals surface area contributed by atoms with Crippen LogP contribution in [0.2, 0.25) is 0 Å². The third-order valence-electron chi connectivity index (χ3n) is 11.1. The molecule has 34 heavy (non-hydrogen) atoms. The average molecular weight is 463 g/mol. The van der Waals surface area contributed by atoms with E-state index in [-0.39, 0.29) is 0 Å². The van der Waals surface area contributed by atoms with Gasteiger partial charge >= 0.3 is 0 Å². The van der Waals surface area contributed by atoms with Crippen molar-refractivity contribution in [1.82, 2.24) is 9.55 Å². The van der Waals surface area contributed by atoms with Crippen molar-refractivity contribution in [2.45, 2.75) is 112 Å². The number of imidazole rings is 1. The number of fused-ring (bicyclic) bond motifs is 3. The Morgan fingerprint density at radius 1 is 1.06 bits per heavy atom. The number of aryl methyl sites for hydroxylation is 1. The van der Waals surface area contributed by atoms with Crippen LogP contribution in [0.3, 0.4) is 0 Å². The van der Waals surface area contributed by atoms with Crippen LogP contribution in [0.4, 0.5) is 0 Å². The van der Waals surface area contributed by atoms with E-state index in [0.717, 1.165) is 30.3 Å². The van der Waals surface area contributed by atoms with Gasteiger partial charge in [0.05, 0.1) is 11.0 Å². The van der Waals surface area contributed by atoms with E-state index in [1.807, 2.05) is 0 Å². The van der Waals surface area contributed by atoms with E-state index in [1.165, 1.54) is 56.3 Å². The maximum absolute atomic E-state index is 13.3. The zero-order valence-electron chi connectivity index (χ0n) is 22.5. The largest absolute Gasteiger partial charge is 0.327 e. The topological polar surface area (TPSA) is 34.9 Å². The molecule has 0 N–H and O–H groups in total. The number of hydrogen-bond donors (Lipinski definition) is 0. The number of nitrogens with zero attached hydrogens (tertiary/aromatic N) is 2. The van der Waals surface area contributed by atoms with E-state index in [2.05, 4.69) is 70.4 Å². The number of para-hydroxylation sites is 2. The molecule has 1 aromatic carbocycles. The third kappa shape index (κ3) is 3.95. The number of aromatic nitrogens is 2. The number of carbonyl (C=O) groups is 1. The summed E-state index contributed by atoms with van der Waals surface area (Å²) in [4.78, 5) is 18.4. The van der Waals surface area contributed by atoms with Crippen molar-refractivity contribution >= 4 is 16.8 Å². The first-order valence-electron chi connectivity index (χ1n) is 14.0. The smallest absolute Gasteiger partial charge is 0.134 e.